The highest BCUT2D eigenvalue weighted by Crippen LogP contribution is 2.26. The molecule has 1 aliphatic carbocycles. The van der Waals surface area contributed by atoms with E-state index in [9.17, 15) is 4.79 Å². The lowest BCUT2D eigenvalue weighted by Gasteiger charge is -2.38. The van der Waals surface area contributed by atoms with Crippen LogP contribution in [0.3, 0.4) is 0 Å². The van der Waals surface area contributed by atoms with Crippen LogP contribution in [0.25, 0.3) is 0 Å². The number of amides is 1. The van der Waals surface area contributed by atoms with Crippen molar-refractivity contribution < 1.29 is 4.79 Å². The largest absolute Gasteiger partial charge is 0.345 e. The summed E-state index contributed by atoms with van der Waals surface area (Å²) in [4.78, 5) is 16.8. The second-order valence-corrected chi connectivity index (χ2v) is 7.89. The Labute approximate surface area is 157 Å². The Kier molecular flexibility index (Phi) is 6.11. The first-order chi connectivity index (χ1) is 11.6. The average molecular weight is 410 g/mol. The van der Waals surface area contributed by atoms with E-state index in [1.54, 1.807) is 0 Å². The van der Waals surface area contributed by atoms with Crippen LogP contribution in [-0.2, 0) is 4.79 Å². The van der Waals surface area contributed by atoms with Gasteiger partial charge in [-0.15, -0.1) is 0 Å². The third-order valence-corrected chi connectivity index (χ3v) is 5.82. The fourth-order valence-corrected chi connectivity index (χ4v) is 4.04. The van der Waals surface area contributed by atoms with E-state index in [2.05, 4.69) is 26.1 Å². The Morgan fingerprint density at radius 1 is 1.00 bits per heavy atom. The summed E-state index contributed by atoms with van der Waals surface area (Å²) in [6, 6.07) is 7.98. The first kappa shape index (κ1) is 17.7. The second kappa shape index (κ2) is 8.30. The molecule has 0 spiro atoms. The zero-order valence-electron chi connectivity index (χ0n) is 13.8. The molecule has 24 heavy (non-hydrogen) atoms. The molecule has 1 saturated heterocycles. The second-order valence-electron chi connectivity index (χ2n) is 6.58. The van der Waals surface area contributed by atoms with Gasteiger partial charge in [-0.25, -0.2) is 0 Å². The number of nitrogens with zero attached hydrogens (tertiary/aromatic N) is 2. The Bertz CT molecular complexity index is 578. The van der Waals surface area contributed by atoms with Crippen LogP contribution in [0.2, 0.25) is 0 Å². The highest BCUT2D eigenvalue weighted by atomic mass is 79.9. The molecule has 1 aliphatic heterocycles. The van der Waals surface area contributed by atoms with Crippen molar-refractivity contribution in [1.82, 2.24) is 9.80 Å². The lowest BCUT2D eigenvalue weighted by molar-refractivity contribution is -0.137. The van der Waals surface area contributed by atoms with Gasteiger partial charge >= 0.3 is 0 Å². The maximum absolute atomic E-state index is 12.6. The van der Waals surface area contributed by atoms with Crippen LogP contribution in [0.4, 0.5) is 5.69 Å². The number of halogens is 1. The van der Waals surface area contributed by atoms with Crippen molar-refractivity contribution in [3.8, 4) is 0 Å². The number of carbonyl (C=O) groups is 1. The van der Waals surface area contributed by atoms with Gasteiger partial charge in [-0.3, -0.25) is 4.79 Å². The Morgan fingerprint density at radius 3 is 2.21 bits per heavy atom. The summed E-state index contributed by atoms with van der Waals surface area (Å²) in [6.07, 6.45) is 5.84. The summed E-state index contributed by atoms with van der Waals surface area (Å²) >= 11 is 8.95. The molecule has 0 unspecified atom stereocenters. The summed E-state index contributed by atoms with van der Waals surface area (Å²) < 4.78 is 1.05. The average Bonchev–Trinajstić information content (AvgIpc) is 2.64. The molecule has 0 aromatic heterocycles. The molecule has 1 saturated carbocycles. The highest BCUT2D eigenvalue weighted by molar-refractivity contribution is 9.10. The molecule has 2 aliphatic rings. The van der Waals surface area contributed by atoms with Gasteiger partial charge in [0.25, 0.3) is 0 Å². The number of piperazine rings is 1. The minimum atomic E-state index is 0.262. The molecule has 1 N–H and O–H groups in total. The summed E-state index contributed by atoms with van der Waals surface area (Å²) in [5.74, 6) is 0.624. The maximum Gasteiger partial charge on any atom is 0.225 e. The number of rotatable bonds is 2. The number of hydrogen-bond donors (Lipinski definition) is 1. The van der Waals surface area contributed by atoms with Gasteiger partial charge in [-0.2, -0.15) is 0 Å². The van der Waals surface area contributed by atoms with Crippen LogP contribution in [0.1, 0.15) is 32.1 Å². The molecule has 0 atom stereocenters. The van der Waals surface area contributed by atoms with Gasteiger partial charge in [-0.1, -0.05) is 35.2 Å². The van der Waals surface area contributed by atoms with Gasteiger partial charge in [0.05, 0.1) is 0 Å². The Hall–Kier alpha value is -1.14. The number of hydrogen-bond acceptors (Lipinski definition) is 2. The molecular weight excluding hydrogens is 386 g/mol. The first-order valence-electron chi connectivity index (χ1n) is 8.74. The predicted octanol–water partition coefficient (Wildman–Crippen LogP) is 3.87. The predicted molar refractivity (Wildman–Crippen MR) is 105 cm³/mol. The maximum atomic E-state index is 12.6. The van der Waals surface area contributed by atoms with E-state index in [0.717, 1.165) is 54.3 Å². The van der Waals surface area contributed by atoms with E-state index < -0.39 is 0 Å². The molecule has 3 rings (SSSR count). The smallest absolute Gasteiger partial charge is 0.225 e. The molecule has 1 heterocycles. The Morgan fingerprint density at radius 2 is 1.58 bits per heavy atom. The van der Waals surface area contributed by atoms with Crippen LogP contribution in [0.15, 0.2) is 28.7 Å². The van der Waals surface area contributed by atoms with Crippen molar-refractivity contribution in [1.29, 1.82) is 0 Å². The monoisotopic (exact) mass is 409 g/mol. The van der Waals surface area contributed by atoms with Crippen LogP contribution >= 0.6 is 28.1 Å². The fourth-order valence-electron chi connectivity index (χ4n) is 3.47. The van der Waals surface area contributed by atoms with E-state index in [-0.39, 0.29) is 5.92 Å². The van der Waals surface area contributed by atoms with Crippen molar-refractivity contribution in [2.45, 2.75) is 32.1 Å². The summed E-state index contributed by atoms with van der Waals surface area (Å²) in [6.45, 7) is 3.16. The van der Waals surface area contributed by atoms with Crippen molar-refractivity contribution in [3.63, 3.8) is 0 Å². The van der Waals surface area contributed by atoms with Gasteiger partial charge in [0, 0.05) is 42.3 Å². The molecule has 1 aromatic carbocycles. The zero-order chi connectivity index (χ0) is 16.9. The van der Waals surface area contributed by atoms with Crippen LogP contribution in [-0.4, -0.2) is 47.0 Å². The molecular formula is C18H24BrN3OS. The molecule has 2 fully saturated rings. The van der Waals surface area contributed by atoms with E-state index in [1.807, 2.05) is 29.2 Å². The SMILES string of the molecule is O=C(C1CCCCC1)N1CCN(C(=S)Nc2ccc(Br)cc2)CC1. The number of carbonyl (C=O) groups excluding carboxylic acids is 1. The molecule has 130 valence electrons. The van der Waals surface area contributed by atoms with E-state index in [4.69, 9.17) is 12.2 Å². The molecule has 4 nitrogen and oxygen atoms in total. The van der Waals surface area contributed by atoms with Gasteiger partial charge < -0.3 is 15.1 Å². The van der Waals surface area contributed by atoms with Gasteiger partial charge in [0.2, 0.25) is 5.91 Å². The van der Waals surface area contributed by atoms with Crippen LogP contribution < -0.4 is 5.32 Å². The molecule has 1 aromatic rings. The standard InChI is InChI=1S/C18H24BrN3OS/c19-15-6-8-16(9-7-15)20-18(24)22-12-10-21(11-13-22)17(23)14-4-2-1-3-5-14/h6-9,14H,1-5,10-13H2,(H,20,24). The molecule has 1 amide bonds. The van der Waals surface area contributed by atoms with Gasteiger partial charge in [0.1, 0.15) is 0 Å². The van der Waals surface area contributed by atoms with Crippen molar-refractivity contribution in [2.24, 2.45) is 5.92 Å². The van der Waals surface area contributed by atoms with E-state index in [1.165, 1.54) is 19.3 Å². The Balaban J connectivity index is 1.48. The van der Waals surface area contributed by atoms with E-state index in [0.29, 0.717) is 5.91 Å². The summed E-state index contributed by atoms with van der Waals surface area (Å²) in [5, 5.41) is 4.02. The van der Waals surface area contributed by atoms with Crippen LogP contribution in [0.5, 0.6) is 0 Å². The van der Waals surface area contributed by atoms with Crippen LogP contribution in [0, 0.1) is 5.92 Å². The molecule has 0 bridgehead atoms. The summed E-state index contributed by atoms with van der Waals surface area (Å²) in [5.41, 5.74) is 0.990. The third kappa shape index (κ3) is 4.48. The number of benzene rings is 1. The zero-order valence-corrected chi connectivity index (χ0v) is 16.2. The summed E-state index contributed by atoms with van der Waals surface area (Å²) in [7, 11) is 0. The van der Waals surface area contributed by atoms with E-state index >= 15 is 0 Å². The fraction of sp³-hybridized carbons (Fsp3) is 0.556. The first-order valence-corrected chi connectivity index (χ1v) is 9.94. The van der Waals surface area contributed by atoms with Crippen molar-refractivity contribution in [3.05, 3.63) is 28.7 Å². The van der Waals surface area contributed by atoms with Crippen molar-refractivity contribution >= 4 is 44.9 Å². The van der Waals surface area contributed by atoms with Crippen molar-refractivity contribution in [2.75, 3.05) is 31.5 Å². The molecule has 0 radical (unpaired) electrons. The highest BCUT2D eigenvalue weighted by Gasteiger charge is 2.28. The third-order valence-electron chi connectivity index (χ3n) is 4.93. The number of nitrogens with one attached hydrogen (secondary N) is 1. The normalized spacial score (nSPS) is 19.2. The number of thiocarbonyl (C=S) groups is 1. The topological polar surface area (TPSA) is 35.6 Å². The molecule has 6 heteroatoms. The van der Waals surface area contributed by atoms with Gasteiger partial charge in [-0.05, 0) is 49.3 Å². The lowest BCUT2D eigenvalue weighted by Crippen LogP contribution is -2.53. The number of anilines is 1. The van der Waals surface area contributed by atoms with Gasteiger partial charge in [0.15, 0.2) is 5.11 Å². The quantitative estimate of drug-likeness (QED) is 0.751. The minimum Gasteiger partial charge on any atom is -0.345 e. The minimum absolute atomic E-state index is 0.262. The lowest BCUT2D eigenvalue weighted by atomic mass is 9.88.